The number of sulfone groups is 1. The Balaban J connectivity index is 2.57. The normalized spacial score (nSPS) is 21.2. The molecule has 114 valence electrons. The average Bonchev–Trinajstić information content (AvgIpc) is 2.59. The Morgan fingerprint density at radius 2 is 1.84 bits per heavy atom. The van der Waals surface area contributed by atoms with Gasteiger partial charge >= 0.3 is 0 Å². The molecule has 1 aliphatic heterocycles. The summed E-state index contributed by atoms with van der Waals surface area (Å²) in [6, 6.07) is 0. The van der Waals surface area contributed by atoms with E-state index in [0.29, 0.717) is 18.1 Å². The van der Waals surface area contributed by atoms with E-state index in [1.807, 2.05) is 6.92 Å². The molecule has 1 fully saturated rings. The maximum absolute atomic E-state index is 11.8. The highest BCUT2D eigenvalue weighted by Gasteiger charge is 2.30. The van der Waals surface area contributed by atoms with Crippen molar-refractivity contribution in [2.24, 2.45) is 0 Å². The molecular weight excluding hydrogens is 260 g/mol. The van der Waals surface area contributed by atoms with Gasteiger partial charge in [-0.15, -0.1) is 0 Å². The standard InChI is InChI=1S/C14H30N2O2S/c1-4-11-19(17,18)12-10-16-9-7-8-15-14(5-2,6-3)13-16/h15H,4-13H2,1-3H3. The van der Waals surface area contributed by atoms with Gasteiger partial charge in [0.2, 0.25) is 0 Å². The molecule has 0 aromatic rings. The Kier molecular flexibility index (Phi) is 6.77. The van der Waals surface area contributed by atoms with Gasteiger partial charge in [0.05, 0.1) is 5.75 Å². The molecule has 1 N–H and O–H groups in total. The Morgan fingerprint density at radius 1 is 1.16 bits per heavy atom. The van der Waals surface area contributed by atoms with Gasteiger partial charge < -0.3 is 10.2 Å². The molecule has 19 heavy (non-hydrogen) atoms. The van der Waals surface area contributed by atoms with Crippen LogP contribution in [0.25, 0.3) is 0 Å². The van der Waals surface area contributed by atoms with Crippen LogP contribution in [0.4, 0.5) is 0 Å². The summed E-state index contributed by atoms with van der Waals surface area (Å²) < 4.78 is 23.6. The summed E-state index contributed by atoms with van der Waals surface area (Å²) >= 11 is 0. The van der Waals surface area contributed by atoms with Gasteiger partial charge in [-0.2, -0.15) is 0 Å². The van der Waals surface area contributed by atoms with Crippen molar-refractivity contribution in [3.8, 4) is 0 Å². The van der Waals surface area contributed by atoms with Gasteiger partial charge in [-0.3, -0.25) is 0 Å². The summed E-state index contributed by atoms with van der Waals surface area (Å²) in [5.74, 6) is 0.635. The molecule has 1 rings (SSSR count). The van der Waals surface area contributed by atoms with Gasteiger partial charge in [-0.1, -0.05) is 20.8 Å². The number of nitrogens with zero attached hydrogens (tertiary/aromatic N) is 1. The molecule has 0 aliphatic carbocycles. The second kappa shape index (κ2) is 7.60. The molecule has 0 spiro atoms. The molecule has 0 saturated carbocycles. The van der Waals surface area contributed by atoms with Crippen molar-refractivity contribution < 1.29 is 8.42 Å². The molecule has 1 saturated heterocycles. The molecule has 0 aromatic carbocycles. The van der Waals surface area contributed by atoms with Crippen LogP contribution in [0.1, 0.15) is 46.5 Å². The van der Waals surface area contributed by atoms with Crippen LogP contribution in [-0.2, 0) is 9.84 Å². The Hall–Kier alpha value is -0.130. The third-order valence-electron chi connectivity index (χ3n) is 4.26. The third-order valence-corrected chi connectivity index (χ3v) is 6.10. The van der Waals surface area contributed by atoms with Gasteiger partial charge in [0, 0.05) is 24.4 Å². The predicted molar refractivity (Wildman–Crippen MR) is 81.3 cm³/mol. The summed E-state index contributed by atoms with van der Waals surface area (Å²) in [5.41, 5.74) is 0.172. The van der Waals surface area contributed by atoms with Crippen molar-refractivity contribution >= 4 is 9.84 Å². The monoisotopic (exact) mass is 290 g/mol. The van der Waals surface area contributed by atoms with Crippen molar-refractivity contribution in [2.45, 2.75) is 52.0 Å². The zero-order valence-electron chi connectivity index (χ0n) is 12.7. The van der Waals surface area contributed by atoms with E-state index in [1.54, 1.807) is 0 Å². The Bertz CT molecular complexity index is 350. The molecule has 0 atom stereocenters. The van der Waals surface area contributed by atoms with Crippen molar-refractivity contribution in [1.29, 1.82) is 0 Å². The molecule has 4 nitrogen and oxygen atoms in total. The van der Waals surface area contributed by atoms with Crippen LogP contribution in [0.15, 0.2) is 0 Å². The smallest absolute Gasteiger partial charge is 0.151 e. The van der Waals surface area contributed by atoms with Crippen LogP contribution in [0.5, 0.6) is 0 Å². The molecule has 0 bridgehead atoms. The zero-order valence-corrected chi connectivity index (χ0v) is 13.6. The van der Waals surface area contributed by atoms with E-state index in [2.05, 4.69) is 24.1 Å². The molecule has 5 heteroatoms. The number of nitrogens with one attached hydrogen (secondary N) is 1. The fourth-order valence-electron chi connectivity index (χ4n) is 2.81. The molecule has 0 radical (unpaired) electrons. The van der Waals surface area contributed by atoms with E-state index in [-0.39, 0.29) is 5.54 Å². The van der Waals surface area contributed by atoms with Gasteiger partial charge in [-0.05, 0) is 38.8 Å². The lowest BCUT2D eigenvalue weighted by atomic mass is 9.92. The maximum Gasteiger partial charge on any atom is 0.151 e. The first-order valence-corrected chi connectivity index (χ1v) is 9.47. The minimum absolute atomic E-state index is 0.172. The van der Waals surface area contributed by atoms with Crippen LogP contribution < -0.4 is 5.32 Å². The topological polar surface area (TPSA) is 49.4 Å². The van der Waals surface area contributed by atoms with Crippen molar-refractivity contribution in [3.05, 3.63) is 0 Å². The summed E-state index contributed by atoms with van der Waals surface area (Å²) in [7, 11) is -2.86. The highest BCUT2D eigenvalue weighted by atomic mass is 32.2. The summed E-state index contributed by atoms with van der Waals surface area (Å²) in [6.07, 6.45) is 4.02. The largest absolute Gasteiger partial charge is 0.310 e. The Labute approximate surface area is 118 Å². The van der Waals surface area contributed by atoms with Gasteiger partial charge in [0.1, 0.15) is 0 Å². The number of hydrogen-bond acceptors (Lipinski definition) is 4. The lowest BCUT2D eigenvalue weighted by molar-refractivity contribution is 0.205. The summed E-state index contributed by atoms with van der Waals surface area (Å²) in [6.45, 7) is 10.1. The minimum atomic E-state index is -2.86. The minimum Gasteiger partial charge on any atom is -0.310 e. The van der Waals surface area contributed by atoms with Crippen molar-refractivity contribution in [2.75, 3.05) is 37.7 Å². The van der Waals surface area contributed by atoms with Crippen molar-refractivity contribution in [3.63, 3.8) is 0 Å². The van der Waals surface area contributed by atoms with Crippen LogP contribution in [-0.4, -0.2) is 56.5 Å². The first-order chi connectivity index (χ1) is 8.97. The molecular formula is C14H30N2O2S. The number of rotatable bonds is 7. The summed E-state index contributed by atoms with van der Waals surface area (Å²) in [5, 5.41) is 3.66. The Morgan fingerprint density at radius 3 is 2.42 bits per heavy atom. The first kappa shape index (κ1) is 16.9. The second-order valence-electron chi connectivity index (χ2n) is 5.70. The molecule has 1 heterocycles. The van der Waals surface area contributed by atoms with E-state index in [0.717, 1.165) is 45.3 Å². The molecule has 0 amide bonds. The zero-order chi connectivity index (χ0) is 14.4. The van der Waals surface area contributed by atoms with Crippen LogP contribution in [0.3, 0.4) is 0 Å². The van der Waals surface area contributed by atoms with E-state index in [4.69, 9.17) is 0 Å². The maximum atomic E-state index is 11.8. The highest BCUT2D eigenvalue weighted by Crippen LogP contribution is 2.19. The molecule has 1 aliphatic rings. The van der Waals surface area contributed by atoms with Crippen LogP contribution in [0, 0.1) is 0 Å². The van der Waals surface area contributed by atoms with E-state index in [9.17, 15) is 8.42 Å². The van der Waals surface area contributed by atoms with Gasteiger partial charge in [-0.25, -0.2) is 8.42 Å². The van der Waals surface area contributed by atoms with Crippen molar-refractivity contribution in [1.82, 2.24) is 10.2 Å². The van der Waals surface area contributed by atoms with Gasteiger partial charge in [0.25, 0.3) is 0 Å². The molecule has 0 aromatic heterocycles. The number of hydrogen-bond donors (Lipinski definition) is 1. The molecule has 0 unspecified atom stereocenters. The fraction of sp³-hybridized carbons (Fsp3) is 1.00. The summed E-state index contributed by atoms with van der Waals surface area (Å²) in [4.78, 5) is 2.33. The second-order valence-corrected chi connectivity index (χ2v) is 8.00. The van der Waals surface area contributed by atoms with Crippen LogP contribution in [0.2, 0.25) is 0 Å². The lowest BCUT2D eigenvalue weighted by Crippen LogP contribution is -2.51. The highest BCUT2D eigenvalue weighted by molar-refractivity contribution is 7.91. The predicted octanol–water partition coefficient (Wildman–Crippen LogP) is 1.67. The van der Waals surface area contributed by atoms with Gasteiger partial charge in [0.15, 0.2) is 9.84 Å². The van der Waals surface area contributed by atoms with E-state index in [1.165, 1.54) is 0 Å². The van der Waals surface area contributed by atoms with E-state index < -0.39 is 9.84 Å². The average molecular weight is 290 g/mol. The lowest BCUT2D eigenvalue weighted by Gasteiger charge is -2.35. The fourth-order valence-corrected chi connectivity index (χ4v) is 4.18. The quantitative estimate of drug-likeness (QED) is 0.775. The van der Waals surface area contributed by atoms with Crippen LogP contribution >= 0.6 is 0 Å². The first-order valence-electron chi connectivity index (χ1n) is 7.64. The SMILES string of the molecule is CCCS(=O)(=O)CCN1CCCNC(CC)(CC)C1. The van der Waals surface area contributed by atoms with E-state index >= 15 is 0 Å². The third kappa shape index (κ3) is 5.40.